The van der Waals surface area contributed by atoms with Crippen LogP contribution in [-0.4, -0.2) is 27.5 Å². The third-order valence-electron chi connectivity index (χ3n) is 4.26. The second-order valence-corrected chi connectivity index (χ2v) is 6.06. The highest BCUT2D eigenvalue weighted by Gasteiger charge is 2.29. The summed E-state index contributed by atoms with van der Waals surface area (Å²) in [5, 5.41) is 7.63. The standard InChI is InChI=1S/C18H17N5O2/c1-19-17-14-9-20-16(22-18(25)11-2-3-11)8-13(14)15(10-21-17)23-6-4-12(24)5-7-23/h4-11H,2-3H2,1H3,(H,19,21)(H,20,22,25). The second-order valence-electron chi connectivity index (χ2n) is 6.06. The summed E-state index contributed by atoms with van der Waals surface area (Å²) < 4.78 is 1.82. The molecule has 1 amide bonds. The van der Waals surface area contributed by atoms with E-state index < -0.39 is 0 Å². The number of carbonyl (C=O) groups is 1. The van der Waals surface area contributed by atoms with Crippen molar-refractivity contribution in [1.29, 1.82) is 0 Å². The predicted octanol–water partition coefficient (Wildman–Crippen LogP) is 2.17. The number of amides is 1. The highest BCUT2D eigenvalue weighted by Crippen LogP contribution is 2.31. The Bertz CT molecular complexity index is 1000. The third-order valence-corrected chi connectivity index (χ3v) is 4.26. The molecular weight excluding hydrogens is 318 g/mol. The van der Waals surface area contributed by atoms with E-state index in [0.29, 0.717) is 11.6 Å². The molecule has 126 valence electrons. The molecule has 0 spiro atoms. The highest BCUT2D eigenvalue weighted by atomic mass is 16.2. The molecule has 7 nitrogen and oxygen atoms in total. The molecule has 0 aromatic carbocycles. The summed E-state index contributed by atoms with van der Waals surface area (Å²) in [6.07, 6.45) is 8.70. The minimum Gasteiger partial charge on any atom is -0.373 e. The lowest BCUT2D eigenvalue weighted by Gasteiger charge is -2.13. The van der Waals surface area contributed by atoms with Gasteiger partial charge in [-0.25, -0.2) is 9.97 Å². The van der Waals surface area contributed by atoms with E-state index in [1.807, 2.05) is 10.6 Å². The Kier molecular flexibility index (Phi) is 3.68. The molecule has 3 aromatic rings. The van der Waals surface area contributed by atoms with Crippen molar-refractivity contribution in [2.24, 2.45) is 5.92 Å². The first-order valence-electron chi connectivity index (χ1n) is 8.12. The number of hydrogen-bond donors (Lipinski definition) is 2. The molecule has 7 heteroatoms. The van der Waals surface area contributed by atoms with Gasteiger partial charge in [-0.15, -0.1) is 0 Å². The molecule has 1 aliphatic rings. The average Bonchev–Trinajstić information content (AvgIpc) is 3.47. The molecule has 1 saturated carbocycles. The summed E-state index contributed by atoms with van der Waals surface area (Å²) in [6, 6.07) is 4.83. The van der Waals surface area contributed by atoms with Crippen LogP contribution in [0.3, 0.4) is 0 Å². The van der Waals surface area contributed by atoms with Crippen LogP contribution in [0.2, 0.25) is 0 Å². The van der Waals surface area contributed by atoms with Crippen LogP contribution in [0.15, 0.2) is 47.8 Å². The number of fused-ring (bicyclic) bond motifs is 1. The van der Waals surface area contributed by atoms with E-state index >= 15 is 0 Å². The van der Waals surface area contributed by atoms with Gasteiger partial charge >= 0.3 is 0 Å². The number of aromatic nitrogens is 3. The van der Waals surface area contributed by atoms with Gasteiger partial charge in [-0.05, 0) is 18.9 Å². The molecule has 1 aliphatic carbocycles. The highest BCUT2D eigenvalue weighted by molar-refractivity contribution is 6.00. The van der Waals surface area contributed by atoms with E-state index in [1.165, 1.54) is 12.1 Å². The number of nitrogens with zero attached hydrogens (tertiary/aromatic N) is 3. The maximum atomic E-state index is 12.0. The molecule has 0 bridgehead atoms. The molecule has 0 radical (unpaired) electrons. The fourth-order valence-electron chi connectivity index (χ4n) is 2.74. The van der Waals surface area contributed by atoms with Crippen molar-refractivity contribution in [2.75, 3.05) is 17.7 Å². The van der Waals surface area contributed by atoms with Gasteiger partial charge in [0, 0.05) is 54.5 Å². The van der Waals surface area contributed by atoms with Gasteiger partial charge in [0.05, 0.1) is 11.9 Å². The molecule has 1 fully saturated rings. The number of nitrogens with one attached hydrogen (secondary N) is 2. The lowest BCUT2D eigenvalue weighted by Crippen LogP contribution is -2.14. The Hall–Kier alpha value is -3.22. The van der Waals surface area contributed by atoms with Gasteiger partial charge in [0.15, 0.2) is 5.43 Å². The number of hydrogen-bond acceptors (Lipinski definition) is 5. The number of rotatable bonds is 4. The van der Waals surface area contributed by atoms with Crippen molar-refractivity contribution in [3.8, 4) is 5.69 Å². The second kappa shape index (κ2) is 6.01. The maximum absolute atomic E-state index is 12.0. The SMILES string of the molecule is CNc1ncc(-n2ccc(=O)cc2)c2cc(NC(=O)C3CC3)ncc12. The minimum absolute atomic E-state index is 0.0136. The molecule has 2 N–H and O–H groups in total. The van der Waals surface area contributed by atoms with Gasteiger partial charge in [-0.1, -0.05) is 0 Å². The minimum atomic E-state index is -0.0561. The van der Waals surface area contributed by atoms with Gasteiger partial charge in [0.2, 0.25) is 5.91 Å². The van der Waals surface area contributed by atoms with Gasteiger partial charge < -0.3 is 15.2 Å². The molecule has 25 heavy (non-hydrogen) atoms. The summed E-state index contributed by atoms with van der Waals surface area (Å²) in [4.78, 5) is 32.1. The molecule has 3 aromatic heterocycles. The van der Waals surface area contributed by atoms with Crippen molar-refractivity contribution >= 4 is 28.3 Å². The molecule has 0 unspecified atom stereocenters. The quantitative estimate of drug-likeness (QED) is 0.763. The Morgan fingerprint density at radius 1 is 1.16 bits per heavy atom. The van der Waals surface area contributed by atoms with E-state index in [0.717, 1.165) is 29.3 Å². The number of carbonyl (C=O) groups excluding carboxylic acids is 1. The van der Waals surface area contributed by atoms with Gasteiger partial charge in [-0.2, -0.15) is 0 Å². The third kappa shape index (κ3) is 2.96. The molecule has 4 rings (SSSR count). The Morgan fingerprint density at radius 2 is 1.92 bits per heavy atom. The monoisotopic (exact) mass is 335 g/mol. The summed E-state index contributed by atoms with van der Waals surface area (Å²) in [6.45, 7) is 0. The van der Waals surface area contributed by atoms with Crippen molar-refractivity contribution in [2.45, 2.75) is 12.8 Å². The molecule has 0 saturated heterocycles. The Labute approximate surface area is 143 Å². The van der Waals surface area contributed by atoms with E-state index in [1.54, 1.807) is 31.8 Å². The van der Waals surface area contributed by atoms with Crippen LogP contribution in [0, 0.1) is 5.92 Å². The maximum Gasteiger partial charge on any atom is 0.228 e. The zero-order chi connectivity index (χ0) is 17.4. The normalized spacial score (nSPS) is 13.6. The summed E-state index contributed by atoms with van der Waals surface area (Å²) in [5.41, 5.74) is 0.748. The van der Waals surface area contributed by atoms with Crippen LogP contribution >= 0.6 is 0 Å². The summed E-state index contributed by atoms with van der Waals surface area (Å²) in [5.74, 6) is 1.34. The van der Waals surface area contributed by atoms with E-state index in [4.69, 9.17) is 0 Å². The van der Waals surface area contributed by atoms with Crippen LogP contribution < -0.4 is 16.1 Å². The summed E-state index contributed by atoms with van der Waals surface area (Å²) in [7, 11) is 1.80. The number of pyridine rings is 3. The van der Waals surface area contributed by atoms with Crippen molar-refractivity contribution in [1.82, 2.24) is 14.5 Å². The Morgan fingerprint density at radius 3 is 2.60 bits per heavy atom. The van der Waals surface area contributed by atoms with E-state index in [9.17, 15) is 9.59 Å². The van der Waals surface area contributed by atoms with Gasteiger partial charge in [-0.3, -0.25) is 9.59 Å². The Balaban J connectivity index is 1.84. The molecule has 3 heterocycles. The fraction of sp³-hybridized carbons (Fsp3) is 0.222. The van der Waals surface area contributed by atoms with Gasteiger partial charge in [0.25, 0.3) is 0 Å². The smallest absolute Gasteiger partial charge is 0.228 e. The zero-order valence-corrected chi connectivity index (χ0v) is 13.7. The first-order valence-corrected chi connectivity index (χ1v) is 8.12. The van der Waals surface area contributed by atoms with Crippen molar-refractivity contribution in [3.63, 3.8) is 0 Å². The van der Waals surface area contributed by atoms with Crippen LogP contribution in [0.1, 0.15) is 12.8 Å². The topological polar surface area (TPSA) is 88.9 Å². The van der Waals surface area contributed by atoms with E-state index in [2.05, 4.69) is 20.6 Å². The summed E-state index contributed by atoms with van der Waals surface area (Å²) >= 11 is 0. The first kappa shape index (κ1) is 15.3. The number of anilines is 2. The van der Waals surface area contributed by atoms with Crippen LogP contribution in [-0.2, 0) is 4.79 Å². The molecule has 0 atom stereocenters. The zero-order valence-electron chi connectivity index (χ0n) is 13.7. The molecule has 0 aliphatic heterocycles. The largest absolute Gasteiger partial charge is 0.373 e. The van der Waals surface area contributed by atoms with Crippen LogP contribution in [0.4, 0.5) is 11.6 Å². The average molecular weight is 335 g/mol. The van der Waals surface area contributed by atoms with E-state index in [-0.39, 0.29) is 17.3 Å². The fourth-order valence-corrected chi connectivity index (χ4v) is 2.74. The van der Waals surface area contributed by atoms with Crippen molar-refractivity contribution in [3.05, 3.63) is 53.2 Å². The lowest BCUT2D eigenvalue weighted by molar-refractivity contribution is -0.117. The first-order chi connectivity index (χ1) is 12.2. The van der Waals surface area contributed by atoms with Crippen LogP contribution in [0.5, 0.6) is 0 Å². The van der Waals surface area contributed by atoms with Gasteiger partial charge in [0.1, 0.15) is 11.6 Å². The van der Waals surface area contributed by atoms with Crippen molar-refractivity contribution < 1.29 is 4.79 Å². The molecular formula is C18H17N5O2. The van der Waals surface area contributed by atoms with Crippen LogP contribution in [0.25, 0.3) is 16.5 Å². The predicted molar refractivity (Wildman–Crippen MR) is 96.0 cm³/mol. The lowest BCUT2D eigenvalue weighted by atomic mass is 10.1.